The van der Waals surface area contributed by atoms with Crippen LogP contribution in [0.25, 0.3) is 10.6 Å². The summed E-state index contributed by atoms with van der Waals surface area (Å²) in [6, 6.07) is 7.72. The van der Waals surface area contributed by atoms with Crippen molar-refractivity contribution in [2.45, 2.75) is 24.9 Å². The molecule has 1 aromatic carbocycles. The van der Waals surface area contributed by atoms with E-state index in [-0.39, 0.29) is 12.1 Å². The summed E-state index contributed by atoms with van der Waals surface area (Å²) in [7, 11) is 0. The Balaban J connectivity index is 1.65. The molecule has 0 amide bonds. The number of hydrogen-bond donors (Lipinski definition) is 2. The van der Waals surface area contributed by atoms with E-state index < -0.39 is 0 Å². The third kappa shape index (κ3) is 3.67. The lowest BCUT2D eigenvalue weighted by molar-refractivity contribution is 0.146. The minimum Gasteiger partial charge on any atom is -0.396 e. The van der Waals surface area contributed by atoms with Gasteiger partial charge >= 0.3 is 0 Å². The fourth-order valence-electron chi connectivity index (χ4n) is 2.64. The van der Waals surface area contributed by atoms with E-state index in [9.17, 15) is 5.11 Å². The molecular weight excluding hydrogens is 320 g/mol. The van der Waals surface area contributed by atoms with Crippen molar-refractivity contribution < 1.29 is 9.84 Å². The monoisotopic (exact) mass is 338 g/mol. The van der Waals surface area contributed by atoms with Crippen LogP contribution in [0.2, 0.25) is 5.02 Å². The topological polar surface area (TPSA) is 54.4 Å². The second kappa shape index (κ2) is 7.06. The van der Waals surface area contributed by atoms with Gasteiger partial charge in [0.15, 0.2) is 0 Å². The van der Waals surface area contributed by atoms with E-state index in [1.807, 2.05) is 30.5 Å². The van der Waals surface area contributed by atoms with Gasteiger partial charge in [0, 0.05) is 47.0 Å². The quantitative estimate of drug-likeness (QED) is 0.849. The molecule has 118 valence electrons. The molecule has 2 N–H and O–H groups in total. The summed E-state index contributed by atoms with van der Waals surface area (Å²) in [5.41, 5.74) is 0.981. The molecule has 0 saturated carbocycles. The lowest BCUT2D eigenvalue weighted by Gasteiger charge is -2.27. The molecule has 2 heterocycles. The molecule has 1 aliphatic heterocycles. The third-order valence-electron chi connectivity index (χ3n) is 3.98. The van der Waals surface area contributed by atoms with Crippen molar-refractivity contribution in [1.82, 2.24) is 10.3 Å². The third-order valence-corrected chi connectivity index (χ3v) is 5.27. The van der Waals surface area contributed by atoms with Gasteiger partial charge in [-0.25, -0.2) is 4.98 Å². The standard InChI is InChI=1S/C16H19ClN2O2S/c17-13-3-1-12(2-4-13)15-18-9-14(22-15)10-19-16(5-7-20)6-8-21-11-16/h1-4,9,19-20H,5-8,10-11H2/t16-/m0/s1. The summed E-state index contributed by atoms with van der Waals surface area (Å²) in [6.45, 7) is 2.34. The molecule has 3 rings (SSSR count). The average Bonchev–Trinajstić information content (AvgIpc) is 3.16. The molecule has 6 heteroatoms. The normalized spacial score (nSPS) is 21.4. The maximum Gasteiger partial charge on any atom is 0.123 e. The van der Waals surface area contributed by atoms with Gasteiger partial charge in [-0.1, -0.05) is 23.7 Å². The van der Waals surface area contributed by atoms with E-state index in [1.54, 1.807) is 11.3 Å². The SMILES string of the molecule is OCC[C@]1(NCc2cnc(-c3ccc(Cl)cc3)s2)CCOC1. The number of rotatable bonds is 6. The number of ether oxygens (including phenoxy) is 1. The average molecular weight is 339 g/mol. The van der Waals surface area contributed by atoms with Crippen molar-refractivity contribution in [1.29, 1.82) is 0 Å². The second-order valence-corrected chi connectivity index (χ2v) is 7.10. The van der Waals surface area contributed by atoms with Crippen molar-refractivity contribution >= 4 is 22.9 Å². The van der Waals surface area contributed by atoms with Crippen LogP contribution in [-0.2, 0) is 11.3 Å². The molecule has 4 nitrogen and oxygen atoms in total. The summed E-state index contributed by atoms with van der Waals surface area (Å²) in [6.07, 6.45) is 3.57. The molecule has 0 spiro atoms. The number of aliphatic hydroxyl groups is 1. The van der Waals surface area contributed by atoms with E-state index in [4.69, 9.17) is 16.3 Å². The Hall–Kier alpha value is -0.980. The molecule has 0 bridgehead atoms. The van der Waals surface area contributed by atoms with Crippen LogP contribution >= 0.6 is 22.9 Å². The largest absolute Gasteiger partial charge is 0.396 e. The Labute approximate surface area is 139 Å². The number of benzene rings is 1. The van der Waals surface area contributed by atoms with Crippen LogP contribution in [0.1, 0.15) is 17.7 Å². The van der Waals surface area contributed by atoms with Crippen molar-refractivity contribution in [2.24, 2.45) is 0 Å². The number of halogens is 1. The lowest BCUT2D eigenvalue weighted by Crippen LogP contribution is -2.46. The molecular formula is C16H19ClN2O2S. The Bertz CT molecular complexity index is 609. The molecule has 1 aliphatic rings. The van der Waals surface area contributed by atoms with Crippen molar-refractivity contribution in [2.75, 3.05) is 19.8 Å². The Morgan fingerprint density at radius 2 is 2.18 bits per heavy atom. The summed E-state index contributed by atoms with van der Waals surface area (Å²) in [4.78, 5) is 5.66. The molecule has 0 radical (unpaired) electrons. The highest BCUT2D eigenvalue weighted by molar-refractivity contribution is 7.15. The second-order valence-electron chi connectivity index (χ2n) is 5.55. The highest BCUT2D eigenvalue weighted by Gasteiger charge is 2.33. The number of aliphatic hydroxyl groups excluding tert-OH is 1. The molecule has 1 saturated heterocycles. The van der Waals surface area contributed by atoms with Crippen LogP contribution in [0, 0.1) is 0 Å². The zero-order chi connectivity index (χ0) is 15.4. The van der Waals surface area contributed by atoms with Crippen molar-refractivity contribution in [3.05, 3.63) is 40.4 Å². The van der Waals surface area contributed by atoms with Gasteiger partial charge in [-0.2, -0.15) is 0 Å². The van der Waals surface area contributed by atoms with Crippen LogP contribution in [0.5, 0.6) is 0 Å². The summed E-state index contributed by atoms with van der Waals surface area (Å²) in [5, 5.41) is 14.5. The van der Waals surface area contributed by atoms with Gasteiger partial charge in [0.2, 0.25) is 0 Å². The van der Waals surface area contributed by atoms with E-state index in [0.717, 1.165) is 41.6 Å². The maximum atomic E-state index is 9.25. The number of hydrogen-bond acceptors (Lipinski definition) is 5. The zero-order valence-corrected chi connectivity index (χ0v) is 13.8. The van der Waals surface area contributed by atoms with Crippen molar-refractivity contribution in [3.8, 4) is 10.6 Å². The minimum atomic E-state index is -0.0980. The minimum absolute atomic E-state index is 0.0980. The van der Waals surface area contributed by atoms with E-state index in [2.05, 4.69) is 10.3 Å². The van der Waals surface area contributed by atoms with E-state index in [0.29, 0.717) is 6.61 Å². The van der Waals surface area contributed by atoms with Crippen LogP contribution in [0.3, 0.4) is 0 Å². The number of aromatic nitrogens is 1. The van der Waals surface area contributed by atoms with Crippen LogP contribution in [-0.4, -0.2) is 35.5 Å². The first-order chi connectivity index (χ1) is 10.7. The molecule has 0 unspecified atom stereocenters. The summed E-state index contributed by atoms with van der Waals surface area (Å²) >= 11 is 7.58. The highest BCUT2D eigenvalue weighted by atomic mass is 35.5. The molecule has 1 aromatic heterocycles. The van der Waals surface area contributed by atoms with Crippen LogP contribution in [0.4, 0.5) is 0 Å². The van der Waals surface area contributed by atoms with Gasteiger partial charge in [-0.05, 0) is 25.0 Å². The Kier molecular flexibility index (Phi) is 5.10. The van der Waals surface area contributed by atoms with Crippen molar-refractivity contribution in [3.63, 3.8) is 0 Å². The van der Waals surface area contributed by atoms with Crippen LogP contribution in [0.15, 0.2) is 30.5 Å². The molecule has 1 atom stereocenters. The zero-order valence-electron chi connectivity index (χ0n) is 12.2. The molecule has 1 fully saturated rings. The van der Waals surface area contributed by atoms with Gasteiger partial charge in [-0.3, -0.25) is 0 Å². The van der Waals surface area contributed by atoms with Gasteiger partial charge < -0.3 is 15.2 Å². The van der Waals surface area contributed by atoms with E-state index in [1.165, 1.54) is 4.88 Å². The number of nitrogens with zero attached hydrogens (tertiary/aromatic N) is 1. The van der Waals surface area contributed by atoms with Gasteiger partial charge in [0.1, 0.15) is 5.01 Å². The first kappa shape index (κ1) is 15.9. The molecule has 2 aromatic rings. The van der Waals surface area contributed by atoms with Gasteiger partial charge in [0.25, 0.3) is 0 Å². The fourth-order valence-corrected chi connectivity index (χ4v) is 3.62. The van der Waals surface area contributed by atoms with Gasteiger partial charge in [0.05, 0.1) is 6.61 Å². The number of nitrogens with one attached hydrogen (secondary N) is 1. The predicted octanol–water partition coefficient (Wildman–Crippen LogP) is 3.09. The lowest BCUT2D eigenvalue weighted by atomic mass is 9.95. The highest BCUT2D eigenvalue weighted by Crippen LogP contribution is 2.28. The Morgan fingerprint density at radius 3 is 2.86 bits per heavy atom. The number of thiazole rings is 1. The summed E-state index contributed by atoms with van der Waals surface area (Å²) in [5.74, 6) is 0. The summed E-state index contributed by atoms with van der Waals surface area (Å²) < 4.78 is 5.49. The smallest absolute Gasteiger partial charge is 0.123 e. The van der Waals surface area contributed by atoms with Crippen LogP contribution < -0.4 is 5.32 Å². The van der Waals surface area contributed by atoms with Gasteiger partial charge in [-0.15, -0.1) is 11.3 Å². The fraction of sp³-hybridized carbons (Fsp3) is 0.438. The Morgan fingerprint density at radius 1 is 1.36 bits per heavy atom. The first-order valence-corrected chi connectivity index (χ1v) is 8.54. The maximum absolute atomic E-state index is 9.25. The first-order valence-electron chi connectivity index (χ1n) is 7.35. The predicted molar refractivity (Wildman–Crippen MR) is 89.3 cm³/mol. The molecule has 0 aliphatic carbocycles. The van der Waals surface area contributed by atoms with E-state index >= 15 is 0 Å². The molecule has 22 heavy (non-hydrogen) atoms.